The molecule has 1 aromatic carbocycles. The molecule has 0 N–H and O–H groups in total. The Bertz CT molecular complexity index is 576. The number of benzene rings is 1. The Balaban J connectivity index is 2.31. The van der Waals surface area contributed by atoms with Crippen molar-refractivity contribution in [1.29, 1.82) is 0 Å². The summed E-state index contributed by atoms with van der Waals surface area (Å²) in [4.78, 5) is 16.8. The lowest BCUT2D eigenvalue weighted by molar-refractivity contribution is 0.103. The SMILES string of the molecule is CN1c2ccccc2C(=O)c2ccncc2[S+]1[O-]. The van der Waals surface area contributed by atoms with Crippen LogP contribution in [0.2, 0.25) is 0 Å². The summed E-state index contributed by atoms with van der Waals surface area (Å²) < 4.78 is 14.0. The second kappa shape index (κ2) is 4.12. The van der Waals surface area contributed by atoms with E-state index in [1.165, 1.54) is 6.20 Å². The zero-order valence-electron chi connectivity index (χ0n) is 9.66. The van der Waals surface area contributed by atoms with Crippen molar-refractivity contribution in [2.45, 2.75) is 4.90 Å². The molecule has 0 saturated heterocycles. The molecule has 0 saturated carbocycles. The third kappa shape index (κ3) is 1.52. The van der Waals surface area contributed by atoms with Crippen LogP contribution in [0.5, 0.6) is 0 Å². The fourth-order valence-corrected chi connectivity index (χ4v) is 3.16. The van der Waals surface area contributed by atoms with Gasteiger partial charge < -0.3 is 4.55 Å². The highest BCUT2D eigenvalue weighted by Gasteiger charge is 2.33. The maximum Gasteiger partial charge on any atom is 0.209 e. The number of aromatic nitrogens is 1. The molecular formula is C13H10N2O2S. The van der Waals surface area contributed by atoms with Crippen LogP contribution >= 0.6 is 0 Å². The van der Waals surface area contributed by atoms with Gasteiger partial charge in [-0.15, -0.1) is 0 Å². The van der Waals surface area contributed by atoms with Gasteiger partial charge in [0.1, 0.15) is 11.4 Å². The summed E-state index contributed by atoms with van der Waals surface area (Å²) in [6, 6.07) is 8.80. The highest BCUT2D eigenvalue weighted by Crippen LogP contribution is 2.33. The molecule has 0 aliphatic carbocycles. The molecule has 0 bridgehead atoms. The van der Waals surface area contributed by atoms with Gasteiger partial charge in [0.2, 0.25) is 10.7 Å². The average molecular weight is 258 g/mol. The monoisotopic (exact) mass is 258 g/mol. The zero-order chi connectivity index (χ0) is 12.7. The first-order chi connectivity index (χ1) is 8.70. The Hall–Kier alpha value is -1.85. The van der Waals surface area contributed by atoms with Crippen molar-refractivity contribution in [2.75, 3.05) is 11.4 Å². The molecule has 5 heteroatoms. The molecule has 2 aromatic rings. The van der Waals surface area contributed by atoms with E-state index in [0.717, 1.165) is 0 Å². The van der Waals surface area contributed by atoms with E-state index in [4.69, 9.17) is 0 Å². The number of rotatable bonds is 0. The van der Waals surface area contributed by atoms with Crippen molar-refractivity contribution in [3.63, 3.8) is 0 Å². The van der Waals surface area contributed by atoms with Crippen LogP contribution in [0.3, 0.4) is 0 Å². The summed E-state index contributed by atoms with van der Waals surface area (Å²) >= 11 is -1.41. The van der Waals surface area contributed by atoms with Gasteiger partial charge in [0.15, 0.2) is 0 Å². The number of fused-ring (bicyclic) bond motifs is 2. The molecule has 2 heterocycles. The van der Waals surface area contributed by atoms with Gasteiger partial charge in [-0.05, 0) is 18.2 Å². The lowest BCUT2D eigenvalue weighted by Crippen LogP contribution is -2.26. The van der Waals surface area contributed by atoms with Gasteiger partial charge in [-0.1, -0.05) is 12.1 Å². The first kappa shape index (κ1) is 11.3. The van der Waals surface area contributed by atoms with E-state index in [9.17, 15) is 9.35 Å². The topological polar surface area (TPSA) is 56.3 Å². The molecule has 4 nitrogen and oxygen atoms in total. The number of nitrogens with zero attached hydrogens (tertiary/aromatic N) is 2. The van der Waals surface area contributed by atoms with Crippen molar-refractivity contribution >= 4 is 22.8 Å². The molecule has 1 unspecified atom stereocenters. The molecule has 90 valence electrons. The average Bonchev–Trinajstić information content (AvgIpc) is 2.51. The van der Waals surface area contributed by atoms with Gasteiger partial charge >= 0.3 is 0 Å². The summed E-state index contributed by atoms with van der Waals surface area (Å²) in [6.45, 7) is 0. The second-order valence-corrected chi connectivity index (χ2v) is 5.45. The smallest absolute Gasteiger partial charge is 0.209 e. The Morgan fingerprint density at radius 1 is 1.22 bits per heavy atom. The predicted molar refractivity (Wildman–Crippen MR) is 68.9 cm³/mol. The molecule has 3 rings (SSSR count). The van der Waals surface area contributed by atoms with Crippen LogP contribution in [-0.4, -0.2) is 22.4 Å². The first-order valence-corrected chi connectivity index (χ1v) is 6.54. The zero-order valence-corrected chi connectivity index (χ0v) is 10.5. The summed E-state index contributed by atoms with van der Waals surface area (Å²) in [7, 11) is 1.71. The fraction of sp³-hybridized carbons (Fsp3) is 0.0769. The first-order valence-electron chi connectivity index (χ1n) is 5.43. The number of anilines is 1. The minimum atomic E-state index is -1.41. The number of carbonyl (C=O) groups excluding carboxylic acids is 1. The maximum absolute atomic E-state index is 12.4. The van der Waals surface area contributed by atoms with Crippen molar-refractivity contribution in [3.05, 3.63) is 53.9 Å². The number of ketones is 1. The third-order valence-corrected chi connectivity index (χ3v) is 4.35. The van der Waals surface area contributed by atoms with Gasteiger partial charge in [0.05, 0.1) is 30.1 Å². The van der Waals surface area contributed by atoms with Crippen LogP contribution < -0.4 is 4.31 Å². The summed E-state index contributed by atoms with van der Waals surface area (Å²) in [5, 5.41) is 0. The molecule has 0 amide bonds. The van der Waals surface area contributed by atoms with Gasteiger partial charge in [-0.25, -0.2) is 0 Å². The molecule has 1 aromatic heterocycles. The molecule has 1 aliphatic heterocycles. The molecular weight excluding hydrogens is 248 g/mol. The number of pyridine rings is 1. The van der Waals surface area contributed by atoms with Crippen LogP contribution in [0.1, 0.15) is 15.9 Å². The Morgan fingerprint density at radius 3 is 2.83 bits per heavy atom. The van der Waals surface area contributed by atoms with Crippen molar-refractivity contribution in [3.8, 4) is 0 Å². The van der Waals surface area contributed by atoms with Crippen LogP contribution in [0.25, 0.3) is 0 Å². The van der Waals surface area contributed by atoms with Crippen molar-refractivity contribution in [1.82, 2.24) is 4.98 Å². The minimum absolute atomic E-state index is 0.110. The highest BCUT2D eigenvalue weighted by atomic mass is 32.2. The standard InChI is InChI=1S/C13H10N2O2S/c1-15-11-5-3-2-4-9(11)13(16)10-6-7-14-8-12(10)18(15)17/h2-8H,1H3. The summed E-state index contributed by atoms with van der Waals surface area (Å²) in [5.74, 6) is -0.110. The van der Waals surface area contributed by atoms with E-state index >= 15 is 0 Å². The van der Waals surface area contributed by atoms with Gasteiger partial charge in [0, 0.05) is 6.20 Å². The molecule has 0 spiro atoms. The van der Waals surface area contributed by atoms with E-state index in [1.54, 1.807) is 41.8 Å². The fourth-order valence-electron chi connectivity index (χ4n) is 2.03. The number of carbonyl (C=O) groups is 1. The van der Waals surface area contributed by atoms with E-state index in [-0.39, 0.29) is 5.78 Å². The van der Waals surface area contributed by atoms with E-state index in [0.29, 0.717) is 21.7 Å². The highest BCUT2D eigenvalue weighted by molar-refractivity contribution is 7.93. The largest absolute Gasteiger partial charge is 0.588 e. The molecule has 0 radical (unpaired) electrons. The number of hydrogen-bond acceptors (Lipinski definition) is 4. The lowest BCUT2D eigenvalue weighted by Gasteiger charge is -2.20. The maximum atomic E-state index is 12.4. The molecule has 1 atom stereocenters. The Morgan fingerprint density at radius 2 is 2.00 bits per heavy atom. The number of hydrogen-bond donors (Lipinski definition) is 0. The quantitative estimate of drug-likeness (QED) is 0.676. The molecule has 0 fully saturated rings. The van der Waals surface area contributed by atoms with Gasteiger partial charge in [0.25, 0.3) is 0 Å². The van der Waals surface area contributed by atoms with Gasteiger partial charge in [-0.3, -0.25) is 9.78 Å². The van der Waals surface area contributed by atoms with Crippen LogP contribution in [0.4, 0.5) is 5.69 Å². The number of para-hydroxylation sites is 1. The third-order valence-electron chi connectivity index (χ3n) is 2.95. The van der Waals surface area contributed by atoms with Crippen molar-refractivity contribution in [2.24, 2.45) is 0 Å². The van der Waals surface area contributed by atoms with E-state index in [2.05, 4.69) is 4.98 Å². The summed E-state index contributed by atoms with van der Waals surface area (Å²) in [6.07, 6.45) is 3.04. The van der Waals surface area contributed by atoms with Crippen molar-refractivity contribution < 1.29 is 9.35 Å². The Kier molecular flexibility index (Phi) is 2.57. The lowest BCUT2D eigenvalue weighted by atomic mass is 10.0. The molecule has 1 aliphatic rings. The Labute approximate surface area is 108 Å². The minimum Gasteiger partial charge on any atom is -0.588 e. The predicted octanol–water partition coefficient (Wildman–Crippen LogP) is 1.79. The van der Waals surface area contributed by atoms with Crippen LogP contribution in [0, 0.1) is 0 Å². The van der Waals surface area contributed by atoms with Crippen LogP contribution in [-0.2, 0) is 11.4 Å². The second-order valence-electron chi connectivity index (χ2n) is 3.96. The normalized spacial score (nSPS) is 18.0. The van der Waals surface area contributed by atoms with Gasteiger partial charge in [-0.2, -0.15) is 4.31 Å². The molecule has 18 heavy (non-hydrogen) atoms. The van der Waals surface area contributed by atoms with E-state index < -0.39 is 11.4 Å². The van der Waals surface area contributed by atoms with E-state index in [1.807, 2.05) is 6.07 Å². The van der Waals surface area contributed by atoms with Crippen LogP contribution in [0.15, 0.2) is 47.6 Å². The summed E-state index contributed by atoms with van der Waals surface area (Å²) in [5.41, 5.74) is 1.70.